The lowest BCUT2D eigenvalue weighted by atomic mass is 10.3. The van der Waals surface area contributed by atoms with Gasteiger partial charge in [0.05, 0.1) is 16.9 Å². The zero-order valence-corrected chi connectivity index (χ0v) is 13.6. The van der Waals surface area contributed by atoms with Gasteiger partial charge in [-0.05, 0) is 12.1 Å². The van der Waals surface area contributed by atoms with Crippen LogP contribution in [0.3, 0.4) is 0 Å². The Morgan fingerprint density at radius 1 is 1.52 bits per heavy atom. The third kappa shape index (κ3) is 3.62. The lowest BCUT2D eigenvalue weighted by molar-refractivity contribution is -0.387. The summed E-state index contributed by atoms with van der Waals surface area (Å²) in [5, 5.41) is 10.1. The Balaban J connectivity index is 2.33. The number of thioether (sulfide) groups is 1. The predicted molar refractivity (Wildman–Crippen MR) is 80.1 cm³/mol. The molecule has 1 aromatic carbocycles. The number of ether oxygens (including phenoxy) is 1. The van der Waals surface area contributed by atoms with Crippen LogP contribution in [0.2, 0.25) is 0 Å². The van der Waals surface area contributed by atoms with Crippen molar-refractivity contribution in [2.24, 2.45) is 0 Å². The monoisotopic (exact) mass is 364 g/mol. The second-order valence-electron chi connectivity index (χ2n) is 4.62. The van der Waals surface area contributed by atoms with Gasteiger partial charge in [0, 0.05) is 24.9 Å². The van der Waals surface area contributed by atoms with Crippen LogP contribution in [0.25, 0.3) is 0 Å². The molecule has 0 N–H and O–H groups in total. The molecule has 0 aromatic heterocycles. The number of nitro groups is 1. The Morgan fingerprint density at radius 3 is 2.83 bits per heavy atom. The third-order valence-electron chi connectivity index (χ3n) is 3.25. The fourth-order valence-electron chi connectivity index (χ4n) is 2.06. The van der Waals surface area contributed by atoms with E-state index >= 15 is 0 Å². The van der Waals surface area contributed by atoms with E-state index in [1.54, 1.807) is 0 Å². The van der Waals surface area contributed by atoms with E-state index in [1.165, 1.54) is 18.9 Å². The van der Waals surface area contributed by atoms with E-state index in [1.807, 2.05) is 0 Å². The number of hydrogen-bond acceptors (Lipinski definition) is 7. The molecule has 0 amide bonds. The van der Waals surface area contributed by atoms with Crippen molar-refractivity contribution in [2.75, 3.05) is 26.0 Å². The van der Waals surface area contributed by atoms with E-state index in [2.05, 4.69) is 4.74 Å². The molecule has 1 aliphatic rings. The van der Waals surface area contributed by atoms with Crippen molar-refractivity contribution >= 4 is 33.4 Å². The van der Waals surface area contributed by atoms with Crippen molar-refractivity contribution in [1.82, 2.24) is 4.31 Å². The van der Waals surface area contributed by atoms with Gasteiger partial charge in [-0.15, -0.1) is 11.8 Å². The van der Waals surface area contributed by atoms with E-state index in [0.717, 1.165) is 16.4 Å². The van der Waals surface area contributed by atoms with Crippen LogP contribution < -0.4 is 0 Å². The number of hydrogen-bond donors (Lipinski definition) is 0. The van der Waals surface area contributed by atoms with Crippen LogP contribution in [0.5, 0.6) is 0 Å². The second-order valence-corrected chi connectivity index (χ2v) is 7.86. The summed E-state index contributed by atoms with van der Waals surface area (Å²) in [6, 6.07) is 2.38. The third-order valence-corrected chi connectivity index (χ3v) is 6.27. The fourth-order valence-corrected chi connectivity index (χ4v) is 4.87. The highest BCUT2D eigenvalue weighted by molar-refractivity contribution is 8.00. The van der Waals surface area contributed by atoms with Crippen LogP contribution in [-0.4, -0.2) is 54.8 Å². The summed E-state index contributed by atoms with van der Waals surface area (Å²) >= 11 is 1.27. The maximum absolute atomic E-state index is 13.3. The van der Waals surface area contributed by atoms with E-state index in [4.69, 9.17) is 0 Å². The highest BCUT2D eigenvalue weighted by atomic mass is 32.2. The Bertz CT molecular complexity index is 739. The fraction of sp³-hybridized carbons (Fsp3) is 0.417. The Kier molecular flexibility index (Phi) is 5.22. The SMILES string of the molecule is COC(=O)[C@H]1CN(S(=O)(=O)c2ccc(F)c([N+](=O)[O-])c2)CCS1. The van der Waals surface area contributed by atoms with E-state index in [0.29, 0.717) is 11.8 Å². The molecule has 0 aliphatic carbocycles. The van der Waals surface area contributed by atoms with Crippen molar-refractivity contribution in [2.45, 2.75) is 10.1 Å². The summed E-state index contributed by atoms with van der Waals surface area (Å²) in [6.45, 7) is 0.0382. The molecular formula is C12H13FN2O6S2. The summed E-state index contributed by atoms with van der Waals surface area (Å²) in [7, 11) is -2.86. The highest BCUT2D eigenvalue weighted by Gasteiger charge is 2.35. The average Bonchev–Trinajstić information content (AvgIpc) is 2.54. The van der Waals surface area contributed by atoms with Crippen molar-refractivity contribution in [3.05, 3.63) is 34.1 Å². The number of rotatable bonds is 4. The number of nitrogens with zero attached hydrogens (tertiary/aromatic N) is 2. The van der Waals surface area contributed by atoms with Gasteiger partial charge in [0.25, 0.3) is 0 Å². The van der Waals surface area contributed by atoms with E-state index in [9.17, 15) is 27.7 Å². The number of benzene rings is 1. The largest absolute Gasteiger partial charge is 0.468 e. The predicted octanol–water partition coefficient (Wildman–Crippen LogP) is 1.01. The molecule has 8 nitrogen and oxygen atoms in total. The number of nitro benzene ring substituents is 1. The van der Waals surface area contributed by atoms with Crippen molar-refractivity contribution < 1.29 is 27.3 Å². The second kappa shape index (κ2) is 6.81. The smallest absolute Gasteiger partial charge is 0.320 e. The first-order chi connectivity index (χ1) is 10.8. The van der Waals surface area contributed by atoms with Gasteiger partial charge in [0.2, 0.25) is 15.8 Å². The molecule has 23 heavy (non-hydrogen) atoms. The van der Waals surface area contributed by atoms with Gasteiger partial charge in [-0.3, -0.25) is 14.9 Å². The van der Waals surface area contributed by atoms with Crippen molar-refractivity contribution in [1.29, 1.82) is 0 Å². The molecule has 1 atom stereocenters. The number of methoxy groups -OCH3 is 1. The quantitative estimate of drug-likeness (QED) is 0.446. The molecule has 1 aromatic rings. The van der Waals surface area contributed by atoms with Gasteiger partial charge in [-0.2, -0.15) is 8.70 Å². The molecule has 0 bridgehead atoms. The van der Waals surface area contributed by atoms with Crippen LogP contribution in [0, 0.1) is 15.9 Å². The molecule has 0 spiro atoms. The number of sulfonamides is 1. The summed E-state index contributed by atoms with van der Waals surface area (Å²) in [5.41, 5.74) is -0.915. The minimum absolute atomic E-state index is 0.106. The van der Waals surface area contributed by atoms with Crippen LogP contribution in [-0.2, 0) is 19.6 Å². The molecule has 2 rings (SSSR count). The zero-order valence-electron chi connectivity index (χ0n) is 12.0. The molecule has 1 aliphatic heterocycles. The number of halogens is 1. The molecule has 11 heteroatoms. The first kappa shape index (κ1) is 17.6. The molecule has 0 radical (unpaired) electrons. The van der Waals surface area contributed by atoms with E-state index in [-0.39, 0.29) is 18.0 Å². The van der Waals surface area contributed by atoms with Crippen molar-refractivity contribution in [3.8, 4) is 0 Å². The Morgan fingerprint density at radius 2 is 2.22 bits per heavy atom. The summed E-state index contributed by atoms with van der Waals surface area (Å²) in [4.78, 5) is 20.9. The average molecular weight is 364 g/mol. The highest BCUT2D eigenvalue weighted by Crippen LogP contribution is 2.28. The Labute approximate surface area is 135 Å². The van der Waals surface area contributed by atoms with Crippen LogP contribution in [0.1, 0.15) is 0 Å². The van der Waals surface area contributed by atoms with Crippen LogP contribution >= 0.6 is 11.8 Å². The minimum Gasteiger partial charge on any atom is -0.468 e. The summed E-state index contributed by atoms with van der Waals surface area (Å²) in [5.74, 6) is -1.28. The first-order valence-corrected chi connectivity index (χ1v) is 8.89. The first-order valence-electron chi connectivity index (χ1n) is 6.41. The van der Waals surface area contributed by atoms with Gasteiger partial charge in [-0.1, -0.05) is 0 Å². The van der Waals surface area contributed by atoms with Gasteiger partial charge in [-0.25, -0.2) is 8.42 Å². The van der Waals surface area contributed by atoms with Crippen LogP contribution in [0.15, 0.2) is 23.1 Å². The van der Waals surface area contributed by atoms with Gasteiger partial charge in [0.15, 0.2) is 0 Å². The van der Waals surface area contributed by atoms with E-state index < -0.39 is 37.7 Å². The van der Waals surface area contributed by atoms with Gasteiger partial charge < -0.3 is 4.74 Å². The van der Waals surface area contributed by atoms with Gasteiger partial charge in [0.1, 0.15) is 5.25 Å². The lowest BCUT2D eigenvalue weighted by Gasteiger charge is -2.30. The summed E-state index contributed by atoms with van der Waals surface area (Å²) in [6.07, 6.45) is 0. The Hall–Kier alpha value is -1.72. The molecule has 1 saturated heterocycles. The normalized spacial score (nSPS) is 19.3. The summed E-state index contributed by atoms with van der Waals surface area (Å²) < 4.78 is 44.1. The molecule has 1 heterocycles. The standard InChI is InChI=1S/C12H13FN2O6S2/c1-21-12(16)11-7-14(4-5-22-11)23(19,20)8-2-3-9(13)10(6-8)15(17)18/h2-3,6,11H,4-5,7H2,1H3/t11-/m1/s1. The minimum atomic E-state index is -4.07. The number of carbonyl (C=O) groups is 1. The number of carbonyl (C=O) groups excluding carboxylic acids is 1. The topological polar surface area (TPSA) is 107 Å². The molecule has 1 fully saturated rings. The molecule has 0 unspecified atom stereocenters. The lowest BCUT2D eigenvalue weighted by Crippen LogP contribution is -2.44. The number of esters is 1. The maximum atomic E-state index is 13.3. The van der Waals surface area contributed by atoms with Crippen LogP contribution in [0.4, 0.5) is 10.1 Å². The maximum Gasteiger partial charge on any atom is 0.320 e. The molecular weight excluding hydrogens is 351 g/mol. The van der Waals surface area contributed by atoms with Crippen molar-refractivity contribution in [3.63, 3.8) is 0 Å². The molecule has 0 saturated carbocycles. The van der Waals surface area contributed by atoms with Gasteiger partial charge >= 0.3 is 11.7 Å². The zero-order chi connectivity index (χ0) is 17.2. The molecule has 126 valence electrons.